The lowest BCUT2D eigenvalue weighted by molar-refractivity contribution is 0.475. The van der Waals surface area contributed by atoms with E-state index in [1.807, 2.05) is 0 Å². The third kappa shape index (κ3) is 2.25. The van der Waals surface area contributed by atoms with Gasteiger partial charge in [0.15, 0.2) is 9.84 Å². The van der Waals surface area contributed by atoms with E-state index in [0.717, 1.165) is 16.6 Å². The number of aromatic nitrogens is 1. The average Bonchev–Trinajstić information content (AvgIpc) is 2.87. The van der Waals surface area contributed by atoms with E-state index in [1.54, 1.807) is 42.6 Å². The van der Waals surface area contributed by atoms with Crippen molar-refractivity contribution in [1.82, 2.24) is 4.98 Å². The van der Waals surface area contributed by atoms with Gasteiger partial charge in [0, 0.05) is 11.1 Å². The van der Waals surface area contributed by atoms with Crippen molar-refractivity contribution in [2.24, 2.45) is 0 Å². The Hall–Kier alpha value is -2.80. The number of phenols is 1. The van der Waals surface area contributed by atoms with Gasteiger partial charge in [-0.1, -0.05) is 0 Å². The molecule has 0 amide bonds. The maximum absolute atomic E-state index is 12.2. The van der Waals surface area contributed by atoms with Crippen molar-refractivity contribution in [2.45, 2.75) is 11.3 Å². The number of phenolic OH excluding ortho intramolecular Hbond substituents is 1. The standard InChI is InChI=1S/C17H15N3O3S/c18-13-9-19-14-5-6-15-12(7-8-24(15,22)23)16(14)17(13)20-10-1-3-11(21)4-2-10/h1-6,9,21H,7-8,18H2,(H,19,20). The number of hydrogen-bond acceptors (Lipinski definition) is 6. The van der Waals surface area contributed by atoms with Crippen molar-refractivity contribution in [3.8, 4) is 5.75 Å². The molecule has 24 heavy (non-hydrogen) atoms. The van der Waals surface area contributed by atoms with E-state index < -0.39 is 9.84 Å². The Kier molecular flexibility index (Phi) is 3.14. The molecule has 4 N–H and O–H groups in total. The number of rotatable bonds is 2. The third-order valence-electron chi connectivity index (χ3n) is 4.22. The Morgan fingerprint density at radius 1 is 1.12 bits per heavy atom. The first-order valence-electron chi connectivity index (χ1n) is 7.44. The van der Waals surface area contributed by atoms with Crippen LogP contribution in [0.2, 0.25) is 0 Å². The number of nitrogens with one attached hydrogen (secondary N) is 1. The van der Waals surface area contributed by atoms with Gasteiger partial charge in [-0.05, 0) is 48.4 Å². The number of nitrogens with two attached hydrogens (primary N) is 1. The summed E-state index contributed by atoms with van der Waals surface area (Å²) < 4.78 is 24.4. The number of fused-ring (bicyclic) bond motifs is 3. The summed E-state index contributed by atoms with van der Waals surface area (Å²) in [4.78, 5) is 4.68. The summed E-state index contributed by atoms with van der Waals surface area (Å²) in [6.07, 6.45) is 2.01. The predicted molar refractivity (Wildman–Crippen MR) is 93.3 cm³/mol. The average molecular weight is 341 g/mol. The maximum atomic E-state index is 12.2. The number of aryl methyl sites for hydroxylation is 1. The molecule has 6 nitrogen and oxygen atoms in total. The lowest BCUT2D eigenvalue weighted by Crippen LogP contribution is -2.01. The zero-order valence-corrected chi connectivity index (χ0v) is 13.5. The molecular weight excluding hydrogens is 326 g/mol. The molecule has 0 spiro atoms. The number of pyridine rings is 1. The first-order chi connectivity index (χ1) is 11.5. The molecule has 0 fully saturated rings. The van der Waals surface area contributed by atoms with Crippen molar-refractivity contribution in [3.05, 3.63) is 48.2 Å². The van der Waals surface area contributed by atoms with Crippen LogP contribution in [-0.2, 0) is 16.3 Å². The van der Waals surface area contributed by atoms with Crippen LogP contribution in [0.4, 0.5) is 17.1 Å². The molecule has 3 aromatic rings. The lowest BCUT2D eigenvalue weighted by atomic mass is 10.0. The molecule has 0 saturated carbocycles. The van der Waals surface area contributed by atoms with Gasteiger partial charge < -0.3 is 16.2 Å². The summed E-state index contributed by atoms with van der Waals surface area (Å²) >= 11 is 0. The second-order valence-electron chi connectivity index (χ2n) is 5.77. The minimum atomic E-state index is -3.23. The summed E-state index contributed by atoms with van der Waals surface area (Å²) in [6.45, 7) is 0. The number of benzene rings is 2. The fraction of sp³-hybridized carbons (Fsp3) is 0.118. The molecule has 0 aliphatic carbocycles. The van der Waals surface area contributed by atoms with Crippen LogP contribution in [0.5, 0.6) is 5.75 Å². The third-order valence-corrected chi connectivity index (χ3v) is 6.02. The van der Waals surface area contributed by atoms with Gasteiger partial charge in [-0.25, -0.2) is 8.42 Å². The van der Waals surface area contributed by atoms with Gasteiger partial charge in [-0.2, -0.15) is 0 Å². The van der Waals surface area contributed by atoms with Crippen LogP contribution < -0.4 is 11.1 Å². The highest BCUT2D eigenvalue weighted by atomic mass is 32.2. The van der Waals surface area contributed by atoms with Crippen LogP contribution >= 0.6 is 0 Å². The normalized spacial score (nSPS) is 15.3. The number of anilines is 3. The molecular formula is C17H15N3O3S. The number of nitrogens with zero attached hydrogens (tertiary/aromatic N) is 1. The fourth-order valence-electron chi connectivity index (χ4n) is 3.06. The molecule has 0 radical (unpaired) electrons. The summed E-state index contributed by atoms with van der Waals surface area (Å²) in [7, 11) is -3.23. The second-order valence-corrected chi connectivity index (χ2v) is 7.84. The summed E-state index contributed by atoms with van der Waals surface area (Å²) in [6, 6.07) is 9.90. The quantitative estimate of drug-likeness (QED) is 0.619. The topological polar surface area (TPSA) is 105 Å². The molecule has 2 aromatic carbocycles. The van der Waals surface area contributed by atoms with E-state index in [-0.39, 0.29) is 11.5 Å². The van der Waals surface area contributed by atoms with Gasteiger partial charge in [-0.3, -0.25) is 4.98 Å². The van der Waals surface area contributed by atoms with Crippen LogP contribution in [0, 0.1) is 0 Å². The monoisotopic (exact) mass is 341 g/mol. The van der Waals surface area contributed by atoms with E-state index in [2.05, 4.69) is 10.3 Å². The highest BCUT2D eigenvalue weighted by molar-refractivity contribution is 7.91. The van der Waals surface area contributed by atoms with Crippen LogP contribution in [0.15, 0.2) is 47.5 Å². The fourth-order valence-corrected chi connectivity index (χ4v) is 4.61. The first kappa shape index (κ1) is 14.8. The summed E-state index contributed by atoms with van der Waals surface area (Å²) in [5, 5.41) is 13.4. The van der Waals surface area contributed by atoms with Crippen molar-refractivity contribution >= 4 is 37.8 Å². The van der Waals surface area contributed by atoms with Crippen molar-refractivity contribution < 1.29 is 13.5 Å². The van der Waals surface area contributed by atoms with Gasteiger partial charge in [0.1, 0.15) is 5.75 Å². The summed E-state index contributed by atoms with van der Waals surface area (Å²) in [5.41, 5.74) is 9.37. The number of sulfone groups is 1. The molecule has 0 bridgehead atoms. The Morgan fingerprint density at radius 2 is 1.88 bits per heavy atom. The SMILES string of the molecule is Nc1cnc2ccc3c(c2c1Nc1ccc(O)cc1)CCS3(=O)=O. The molecule has 2 heterocycles. The highest BCUT2D eigenvalue weighted by Gasteiger charge is 2.29. The van der Waals surface area contributed by atoms with Gasteiger partial charge in [0.2, 0.25) is 0 Å². The molecule has 4 rings (SSSR count). The molecule has 1 aliphatic rings. The van der Waals surface area contributed by atoms with Crippen molar-refractivity contribution in [2.75, 3.05) is 16.8 Å². The zero-order valence-electron chi connectivity index (χ0n) is 12.7. The van der Waals surface area contributed by atoms with E-state index in [0.29, 0.717) is 28.2 Å². The van der Waals surface area contributed by atoms with E-state index in [9.17, 15) is 13.5 Å². The minimum Gasteiger partial charge on any atom is -0.508 e. The number of nitrogen functional groups attached to an aromatic ring is 1. The van der Waals surface area contributed by atoms with E-state index >= 15 is 0 Å². The molecule has 1 aromatic heterocycles. The summed E-state index contributed by atoms with van der Waals surface area (Å²) in [5.74, 6) is 0.273. The minimum absolute atomic E-state index is 0.106. The molecule has 0 unspecified atom stereocenters. The van der Waals surface area contributed by atoms with Crippen molar-refractivity contribution in [3.63, 3.8) is 0 Å². The van der Waals surface area contributed by atoms with Gasteiger partial charge in [0.05, 0.1) is 33.7 Å². The molecule has 7 heteroatoms. The van der Waals surface area contributed by atoms with Crippen LogP contribution in [-0.4, -0.2) is 24.3 Å². The second kappa shape index (κ2) is 5.10. The molecule has 122 valence electrons. The molecule has 1 aliphatic heterocycles. The maximum Gasteiger partial charge on any atom is 0.179 e. The Labute approximate surface area is 138 Å². The first-order valence-corrected chi connectivity index (χ1v) is 9.10. The van der Waals surface area contributed by atoms with E-state index in [4.69, 9.17) is 5.73 Å². The Morgan fingerprint density at radius 3 is 2.62 bits per heavy atom. The van der Waals surface area contributed by atoms with Crippen LogP contribution in [0.3, 0.4) is 0 Å². The smallest absolute Gasteiger partial charge is 0.179 e. The number of hydrogen-bond donors (Lipinski definition) is 3. The molecule has 0 atom stereocenters. The highest BCUT2D eigenvalue weighted by Crippen LogP contribution is 2.39. The van der Waals surface area contributed by atoms with Gasteiger partial charge >= 0.3 is 0 Å². The van der Waals surface area contributed by atoms with Crippen molar-refractivity contribution in [1.29, 1.82) is 0 Å². The Bertz CT molecular complexity index is 1060. The van der Waals surface area contributed by atoms with Crippen LogP contribution in [0.1, 0.15) is 5.56 Å². The van der Waals surface area contributed by atoms with E-state index in [1.165, 1.54) is 0 Å². The van der Waals surface area contributed by atoms with Gasteiger partial charge in [-0.15, -0.1) is 0 Å². The Balaban J connectivity index is 1.96. The van der Waals surface area contributed by atoms with Gasteiger partial charge in [0.25, 0.3) is 0 Å². The van der Waals surface area contributed by atoms with Crippen LogP contribution in [0.25, 0.3) is 10.9 Å². The predicted octanol–water partition coefficient (Wildman–Crippen LogP) is 2.60. The number of aromatic hydroxyl groups is 1. The zero-order chi connectivity index (χ0) is 16.9. The lowest BCUT2D eigenvalue weighted by Gasteiger charge is -2.15. The largest absolute Gasteiger partial charge is 0.508 e. The molecule has 0 saturated heterocycles.